The van der Waals surface area contributed by atoms with Crippen LogP contribution in [0.1, 0.15) is 24.8 Å². The Morgan fingerprint density at radius 1 is 1.10 bits per heavy atom. The second-order valence-electron chi connectivity index (χ2n) is 7.66. The van der Waals surface area contributed by atoms with Crippen molar-refractivity contribution in [3.8, 4) is 12.3 Å². The number of hydrogen-bond donors (Lipinski definition) is 1. The van der Waals surface area contributed by atoms with Crippen molar-refractivity contribution in [1.29, 1.82) is 0 Å². The molecule has 2 aliphatic rings. The van der Waals surface area contributed by atoms with E-state index >= 15 is 0 Å². The summed E-state index contributed by atoms with van der Waals surface area (Å²) in [5, 5.41) is 3.10. The summed E-state index contributed by atoms with van der Waals surface area (Å²) in [5.41, 5.74) is 1.36. The fourth-order valence-corrected chi connectivity index (χ4v) is 5.57. The second-order valence-corrected chi connectivity index (χ2v) is 9.57. The van der Waals surface area contributed by atoms with Crippen molar-refractivity contribution < 1.29 is 13.2 Å². The van der Waals surface area contributed by atoms with Crippen molar-refractivity contribution in [3.05, 3.63) is 23.8 Å². The Kier molecular flexibility index (Phi) is 7.17. The van der Waals surface area contributed by atoms with Crippen molar-refractivity contribution in [3.63, 3.8) is 0 Å². The highest BCUT2D eigenvalue weighted by molar-refractivity contribution is 7.89. The summed E-state index contributed by atoms with van der Waals surface area (Å²) in [5.74, 6) is 2.64. The number of anilines is 1. The molecule has 0 unspecified atom stereocenters. The summed E-state index contributed by atoms with van der Waals surface area (Å²) in [7, 11) is -3.51. The predicted molar refractivity (Wildman–Crippen MR) is 114 cm³/mol. The Morgan fingerprint density at radius 2 is 1.79 bits per heavy atom. The van der Waals surface area contributed by atoms with Gasteiger partial charge in [0.1, 0.15) is 0 Å². The summed E-state index contributed by atoms with van der Waals surface area (Å²) < 4.78 is 27.6. The highest BCUT2D eigenvalue weighted by atomic mass is 32.2. The van der Waals surface area contributed by atoms with Crippen LogP contribution >= 0.6 is 0 Å². The molecule has 0 bridgehead atoms. The van der Waals surface area contributed by atoms with Gasteiger partial charge in [0.2, 0.25) is 15.9 Å². The maximum atomic E-state index is 13.0. The molecule has 8 heteroatoms. The minimum atomic E-state index is -3.51. The van der Waals surface area contributed by atoms with Gasteiger partial charge in [0, 0.05) is 45.0 Å². The third-order valence-corrected chi connectivity index (χ3v) is 7.65. The molecule has 158 valence electrons. The molecule has 2 aliphatic heterocycles. The Balaban J connectivity index is 1.61. The van der Waals surface area contributed by atoms with E-state index in [1.807, 2.05) is 11.0 Å². The van der Waals surface area contributed by atoms with E-state index in [-0.39, 0.29) is 12.5 Å². The van der Waals surface area contributed by atoms with Crippen LogP contribution in [0, 0.1) is 19.3 Å². The number of terminal acetylenes is 1. The number of amides is 1. The Morgan fingerprint density at radius 3 is 2.45 bits per heavy atom. The van der Waals surface area contributed by atoms with Crippen LogP contribution in [0.2, 0.25) is 0 Å². The molecule has 0 aromatic heterocycles. The first-order chi connectivity index (χ1) is 13.9. The van der Waals surface area contributed by atoms with Crippen LogP contribution in [-0.4, -0.2) is 80.8 Å². The SMILES string of the molecule is C#CCN1CCN(C(=O)CNc2ccc(C)c(S(=O)(=O)N3CCCCC3)c2)CC1. The summed E-state index contributed by atoms with van der Waals surface area (Å²) >= 11 is 0. The lowest BCUT2D eigenvalue weighted by Gasteiger charge is -2.33. The standard InChI is InChI=1S/C21H30N4O3S/c1-3-9-23-12-14-24(15-13-23)21(26)17-22-19-8-7-18(2)20(16-19)29(27,28)25-10-5-4-6-11-25/h1,7-8,16,22H,4-6,9-15,17H2,2H3. The van der Waals surface area contributed by atoms with Gasteiger partial charge in [-0.1, -0.05) is 18.4 Å². The Hall–Kier alpha value is -2.08. The number of carbonyl (C=O) groups is 1. The van der Waals surface area contributed by atoms with Gasteiger partial charge >= 0.3 is 0 Å². The molecular formula is C21H30N4O3S. The van der Waals surface area contributed by atoms with Crippen LogP contribution in [0.4, 0.5) is 5.69 Å². The zero-order valence-electron chi connectivity index (χ0n) is 17.1. The van der Waals surface area contributed by atoms with Gasteiger partial charge in [-0.2, -0.15) is 4.31 Å². The quantitative estimate of drug-likeness (QED) is 0.707. The van der Waals surface area contributed by atoms with E-state index in [0.29, 0.717) is 43.3 Å². The minimum Gasteiger partial charge on any atom is -0.376 e. The van der Waals surface area contributed by atoms with E-state index in [1.165, 1.54) is 0 Å². The number of sulfonamides is 1. The average Bonchev–Trinajstić information content (AvgIpc) is 2.74. The number of benzene rings is 1. The molecule has 29 heavy (non-hydrogen) atoms. The van der Waals surface area contributed by atoms with E-state index in [1.54, 1.807) is 23.4 Å². The van der Waals surface area contributed by atoms with Crippen molar-refractivity contribution in [1.82, 2.24) is 14.1 Å². The first kappa shape index (κ1) is 21.6. The molecule has 1 N–H and O–H groups in total. The summed E-state index contributed by atoms with van der Waals surface area (Å²) in [6.45, 7) is 6.57. The minimum absolute atomic E-state index is 0.00590. The Labute approximate surface area is 174 Å². The molecule has 0 spiro atoms. The van der Waals surface area contributed by atoms with E-state index < -0.39 is 10.0 Å². The van der Waals surface area contributed by atoms with Crippen molar-refractivity contribution in [2.45, 2.75) is 31.1 Å². The summed E-state index contributed by atoms with van der Waals surface area (Å²) in [6, 6.07) is 5.27. The zero-order valence-corrected chi connectivity index (χ0v) is 17.9. The van der Waals surface area contributed by atoms with Gasteiger partial charge in [0.05, 0.1) is 18.0 Å². The molecule has 0 saturated carbocycles. The molecule has 1 aromatic rings. The van der Waals surface area contributed by atoms with Crippen LogP contribution < -0.4 is 5.32 Å². The lowest BCUT2D eigenvalue weighted by molar-refractivity contribution is -0.130. The number of piperidine rings is 1. The van der Waals surface area contributed by atoms with Crippen LogP contribution in [0.3, 0.4) is 0 Å². The van der Waals surface area contributed by atoms with Crippen molar-refractivity contribution in [2.24, 2.45) is 0 Å². The van der Waals surface area contributed by atoms with Gasteiger partial charge in [0.25, 0.3) is 0 Å². The monoisotopic (exact) mass is 418 g/mol. The number of carbonyl (C=O) groups excluding carboxylic acids is 1. The highest BCUT2D eigenvalue weighted by Crippen LogP contribution is 2.26. The Bertz CT molecular complexity index is 864. The fraction of sp³-hybridized carbons (Fsp3) is 0.571. The molecule has 0 atom stereocenters. The molecule has 0 aliphatic carbocycles. The van der Waals surface area contributed by atoms with Gasteiger partial charge in [-0.3, -0.25) is 9.69 Å². The highest BCUT2D eigenvalue weighted by Gasteiger charge is 2.27. The molecule has 1 aromatic carbocycles. The number of aryl methyl sites for hydroxylation is 1. The maximum absolute atomic E-state index is 13.0. The maximum Gasteiger partial charge on any atom is 0.243 e. The zero-order chi connectivity index (χ0) is 20.9. The van der Waals surface area contributed by atoms with Gasteiger partial charge < -0.3 is 10.2 Å². The summed E-state index contributed by atoms with van der Waals surface area (Å²) in [4.78, 5) is 16.8. The van der Waals surface area contributed by atoms with E-state index in [4.69, 9.17) is 6.42 Å². The number of hydrogen-bond acceptors (Lipinski definition) is 5. The lowest BCUT2D eigenvalue weighted by Crippen LogP contribution is -2.50. The second kappa shape index (κ2) is 9.61. The molecular weight excluding hydrogens is 388 g/mol. The first-order valence-corrected chi connectivity index (χ1v) is 11.6. The van der Waals surface area contributed by atoms with Crippen LogP contribution in [0.25, 0.3) is 0 Å². The van der Waals surface area contributed by atoms with Crippen molar-refractivity contribution in [2.75, 3.05) is 57.7 Å². The van der Waals surface area contributed by atoms with Gasteiger partial charge in [-0.05, 0) is 37.5 Å². The number of piperazine rings is 1. The molecule has 3 rings (SSSR count). The first-order valence-electron chi connectivity index (χ1n) is 10.2. The third-order valence-electron chi connectivity index (χ3n) is 5.60. The fourth-order valence-electron chi connectivity index (χ4n) is 3.81. The molecule has 2 heterocycles. The average molecular weight is 419 g/mol. The number of nitrogens with zero attached hydrogens (tertiary/aromatic N) is 3. The predicted octanol–water partition coefficient (Wildman–Crippen LogP) is 1.36. The largest absolute Gasteiger partial charge is 0.376 e. The van der Waals surface area contributed by atoms with Crippen molar-refractivity contribution >= 4 is 21.6 Å². The molecule has 2 saturated heterocycles. The number of nitrogens with one attached hydrogen (secondary N) is 1. The van der Waals surface area contributed by atoms with Gasteiger partial charge in [-0.15, -0.1) is 6.42 Å². The smallest absolute Gasteiger partial charge is 0.243 e. The van der Waals surface area contributed by atoms with E-state index in [2.05, 4.69) is 16.1 Å². The number of rotatable bonds is 6. The van der Waals surface area contributed by atoms with Crippen LogP contribution in [0.5, 0.6) is 0 Å². The topological polar surface area (TPSA) is 73.0 Å². The third kappa shape index (κ3) is 5.30. The van der Waals surface area contributed by atoms with E-state index in [0.717, 1.165) is 37.9 Å². The van der Waals surface area contributed by atoms with Crippen LogP contribution in [-0.2, 0) is 14.8 Å². The molecule has 0 radical (unpaired) electrons. The molecule has 2 fully saturated rings. The summed E-state index contributed by atoms with van der Waals surface area (Å²) in [6.07, 6.45) is 8.22. The molecule has 1 amide bonds. The lowest BCUT2D eigenvalue weighted by atomic mass is 10.2. The molecule has 7 nitrogen and oxygen atoms in total. The van der Waals surface area contributed by atoms with Gasteiger partial charge in [0.15, 0.2) is 0 Å². The van der Waals surface area contributed by atoms with Gasteiger partial charge in [-0.25, -0.2) is 8.42 Å². The van der Waals surface area contributed by atoms with E-state index in [9.17, 15) is 13.2 Å². The van der Waals surface area contributed by atoms with Crippen LogP contribution in [0.15, 0.2) is 23.1 Å². The normalized spacial score (nSPS) is 19.0.